The average Bonchev–Trinajstić information content (AvgIpc) is 3.15. The van der Waals surface area contributed by atoms with E-state index in [1.165, 1.54) is 4.90 Å². The maximum atomic E-state index is 12.1. The van der Waals surface area contributed by atoms with Crippen molar-refractivity contribution in [1.29, 1.82) is 0 Å². The number of Topliss-reactive ketones (excluding diaryl/α,β-unsaturated/α-hetero) is 1. The summed E-state index contributed by atoms with van der Waals surface area (Å²) in [5, 5.41) is 2.99. The third-order valence-electron chi connectivity index (χ3n) is 4.02. The van der Waals surface area contributed by atoms with E-state index >= 15 is 0 Å². The smallest absolute Gasteiger partial charge is 0.265 e. The molecular formula is C18H19N3O4S. The Bertz CT molecular complexity index is 889. The number of fused-ring (bicyclic) bond motifs is 1. The number of hydrogen-bond acceptors (Lipinski definition) is 6. The largest absolute Gasteiger partial charge is 0.484 e. The van der Waals surface area contributed by atoms with Gasteiger partial charge in [-0.1, -0.05) is 17.4 Å². The number of hydrogen-bond donors (Lipinski definition) is 1. The second kappa shape index (κ2) is 7.25. The topological polar surface area (TPSA) is 88.6 Å². The van der Waals surface area contributed by atoms with Crippen LogP contribution in [0.1, 0.15) is 37.7 Å². The zero-order chi connectivity index (χ0) is 18.8. The Kier molecular flexibility index (Phi) is 5.03. The van der Waals surface area contributed by atoms with E-state index < -0.39 is 0 Å². The Morgan fingerprint density at radius 1 is 1.31 bits per heavy atom. The number of aryl methyl sites for hydroxylation is 2. The van der Waals surface area contributed by atoms with Crippen molar-refractivity contribution in [3.05, 3.63) is 39.9 Å². The number of benzene rings is 1. The van der Waals surface area contributed by atoms with Crippen LogP contribution in [0.25, 0.3) is 0 Å². The first-order valence-corrected chi connectivity index (χ1v) is 8.94. The molecule has 0 saturated carbocycles. The molecule has 2 amide bonds. The minimum Gasteiger partial charge on any atom is -0.484 e. The Morgan fingerprint density at radius 3 is 2.81 bits per heavy atom. The number of amides is 2. The molecule has 2 aromatic rings. The van der Waals surface area contributed by atoms with E-state index in [1.807, 2.05) is 6.07 Å². The van der Waals surface area contributed by atoms with Crippen LogP contribution < -0.4 is 10.1 Å². The minimum atomic E-state index is -0.380. The molecule has 1 aromatic heterocycles. The lowest BCUT2D eigenvalue weighted by molar-refractivity contribution is -0.118. The molecule has 26 heavy (non-hydrogen) atoms. The van der Waals surface area contributed by atoms with E-state index in [9.17, 15) is 14.4 Å². The van der Waals surface area contributed by atoms with Crippen molar-refractivity contribution in [2.45, 2.75) is 19.8 Å². The molecule has 1 aromatic carbocycles. The third kappa shape index (κ3) is 3.75. The van der Waals surface area contributed by atoms with Gasteiger partial charge in [0.05, 0.1) is 5.69 Å². The van der Waals surface area contributed by atoms with E-state index in [-0.39, 0.29) is 24.2 Å². The summed E-state index contributed by atoms with van der Waals surface area (Å²) in [4.78, 5) is 42.0. The number of anilines is 1. The SMILES string of the molecule is Cc1nc(NC(=O)COc2ccc3c(c2)C(=O)CC3)sc1C(=O)N(C)C. The monoisotopic (exact) mass is 373 g/mol. The fraction of sp³-hybridized carbons (Fsp3) is 0.333. The van der Waals surface area contributed by atoms with Crippen molar-refractivity contribution in [1.82, 2.24) is 9.88 Å². The van der Waals surface area contributed by atoms with Gasteiger partial charge in [0.15, 0.2) is 17.5 Å². The molecule has 1 aliphatic carbocycles. The average molecular weight is 373 g/mol. The third-order valence-corrected chi connectivity index (χ3v) is 5.08. The Hall–Kier alpha value is -2.74. The fourth-order valence-corrected chi connectivity index (χ4v) is 3.67. The number of thiazole rings is 1. The number of rotatable bonds is 5. The minimum absolute atomic E-state index is 0.103. The van der Waals surface area contributed by atoms with Gasteiger partial charge in [0.2, 0.25) is 0 Å². The van der Waals surface area contributed by atoms with Gasteiger partial charge in [0.1, 0.15) is 10.6 Å². The van der Waals surface area contributed by atoms with Gasteiger partial charge in [-0.15, -0.1) is 0 Å². The number of carbonyl (C=O) groups excluding carboxylic acids is 3. The molecule has 1 heterocycles. The highest BCUT2D eigenvalue weighted by Crippen LogP contribution is 2.26. The lowest BCUT2D eigenvalue weighted by Crippen LogP contribution is -2.21. The number of nitrogens with one attached hydrogen (secondary N) is 1. The van der Waals surface area contributed by atoms with Crippen molar-refractivity contribution in [2.75, 3.05) is 26.0 Å². The highest BCUT2D eigenvalue weighted by atomic mass is 32.1. The molecule has 1 aliphatic rings. The van der Waals surface area contributed by atoms with Crippen LogP contribution in [-0.4, -0.2) is 48.2 Å². The van der Waals surface area contributed by atoms with Gasteiger partial charge in [-0.2, -0.15) is 0 Å². The molecule has 0 bridgehead atoms. The molecule has 0 spiro atoms. The van der Waals surface area contributed by atoms with Crippen molar-refractivity contribution >= 4 is 34.1 Å². The van der Waals surface area contributed by atoms with Crippen molar-refractivity contribution in [3.8, 4) is 5.75 Å². The maximum absolute atomic E-state index is 12.1. The summed E-state index contributed by atoms with van der Waals surface area (Å²) in [6.45, 7) is 1.52. The quantitative estimate of drug-likeness (QED) is 0.869. The summed E-state index contributed by atoms with van der Waals surface area (Å²) in [5.41, 5.74) is 2.26. The van der Waals surface area contributed by atoms with Gasteiger partial charge < -0.3 is 9.64 Å². The zero-order valence-electron chi connectivity index (χ0n) is 14.8. The van der Waals surface area contributed by atoms with Crippen LogP contribution in [0.15, 0.2) is 18.2 Å². The Balaban J connectivity index is 1.60. The summed E-state index contributed by atoms with van der Waals surface area (Å²) >= 11 is 1.13. The van der Waals surface area contributed by atoms with Gasteiger partial charge in [-0.3, -0.25) is 19.7 Å². The van der Waals surface area contributed by atoms with Crippen LogP contribution in [0.2, 0.25) is 0 Å². The van der Waals surface area contributed by atoms with Crippen molar-refractivity contribution in [2.24, 2.45) is 0 Å². The zero-order valence-corrected chi connectivity index (χ0v) is 15.6. The molecular weight excluding hydrogens is 354 g/mol. The fourth-order valence-electron chi connectivity index (χ4n) is 2.66. The highest BCUT2D eigenvalue weighted by molar-refractivity contribution is 7.17. The molecule has 7 nitrogen and oxygen atoms in total. The molecule has 3 rings (SSSR count). The first-order valence-electron chi connectivity index (χ1n) is 8.13. The number of ether oxygens (including phenoxy) is 1. The van der Waals surface area contributed by atoms with Gasteiger partial charge in [0.25, 0.3) is 11.8 Å². The molecule has 0 unspecified atom stereocenters. The molecule has 0 aliphatic heterocycles. The van der Waals surface area contributed by atoms with Crippen molar-refractivity contribution in [3.63, 3.8) is 0 Å². The Morgan fingerprint density at radius 2 is 2.08 bits per heavy atom. The van der Waals surface area contributed by atoms with Crippen LogP contribution in [0, 0.1) is 6.92 Å². The molecule has 8 heteroatoms. The molecule has 0 fully saturated rings. The van der Waals surface area contributed by atoms with Gasteiger partial charge >= 0.3 is 0 Å². The standard InChI is InChI=1S/C18H19N3O4S/c1-10-16(17(24)21(2)3)26-18(19-10)20-15(23)9-25-12-6-4-11-5-7-14(22)13(11)8-12/h4,6,8H,5,7,9H2,1-3H3,(H,19,20,23). The first-order chi connectivity index (χ1) is 12.3. The molecule has 0 saturated heterocycles. The van der Waals surface area contributed by atoms with Crippen LogP contribution >= 0.6 is 11.3 Å². The highest BCUT2D eigenvalue weighted by Gasteiger charge is 2.20. The van der Waals surface area contributed by atoms with E-state index in [0.29, 0.717) is 33.4 Å². The van der Waals surface area contributed by atoms with Gasteiger partial charge in [-0.05, 0) is 31.0 Å². The van der Waals surface area contributed by atoms with E-state index in [2.05, 4.69) is 10.3 Å². The second-order valence-electron chi connectivity index (χ2n) is 6.21. The predicted octanol–water partition coefficient (Wildman–Crippen LogP) is 2.30. The van der Waals surface area contributed by atoms with Gasteiger partial charge in [0, 0.05) is 26.1 Å². The second-order valence-corrected chi connectivity index (χ2v) is 7.21. The number of nitrogens with zero attached hydrogens (tertiary/aromatic N) is 2. The number of aromatic nitrogens is 1. The molecule has 1 N–H and O–H groups in total. The van der Waals surface area contributed by atoms with Crippen LogP contribution in [-0.2, 0) is 11.2 Å². The first kappa shape index (κ1) is 18.1. The van der Waals surface area contributed by atoms with E-state index in [0.717, 1.165) is 23.3 Å². The summed E-state index contributed by atoms with van der Waals surface area (Å²) < 4.78 is 5.47. The maximum Gasteiger partial charge on any atom is 0.265 e. The van der Waals surface area contributed by atoms with Crippen LogP contribution in [0.4, 0.5) is 5.13 Å². The normalized spacial score (nSPS) is 12.7. The van der Waals surface area contributed by atoms with Crippen LogP contribution in [0.3, 0.4) is 0 Å². The van der Waals surface area contributed by atoms with E-state index in [1.54, 1.807) is 33.2 Å². The number of carbonyl (C=O) groups is 3. The molecule has 0 radical (unpaired) electrons. The molecule has 136 valence electrons. The van der Waals surface area contributed by atoms with Gasteiger partial charge in [-0.25, -0.2) is 4.98 Å². The Labute approximate surface area is 155 Å². The van der Waals surface area contributed by atoms with E-state index in [4.69, 9.17) is 4.74 Å². The summed E-state index contributed by atoms with van der Waals surface area (Å²) in [5.74, 6) is 0.0492. The van der Waals surface area contributed by atoms with Crippen molar-refractivity contribution < 1.29 is 19.1 Å². The van der Waals surface area contributed by atoms with Crippen LogP contribution in [0.5, 0.6) is 5.75 Å². The molecule has 0 atom stereocenters. The summed E-state index contributed by atoms with van der Waals surface area (Å²) in [6.07, 6.45) is 1.28. The lowest BCUT2D eigenvalue weighted by Gasteiger charge is -2.08. The number of ketones is 1. The predicted molar refractivity (Wildman–Crippen MR) is 98.1 cm³/mol. The summed E-state index contributed by atoms with van der Waals surface area (Å²) in [6, 6.07) is 5.29. The lowest BCUT2D eigenvalue weighted by atomic mass is 10.1. The summed E-state index contributed by atoms with van der Waals surface area (Å²) in [7, 11) is 3.32.